The number of carbonyl (C=O) groups is 1. The highest BCUT2D eigenvalue weighted by molar-refractivity contribution is 5.85. The quantitative estimate of drug-likeness (QED) is 0.847. The molecular formula is C17H22ClFN4O2. The molecule has 0 unspecified atom stereocenters. The molecule has 6 nitrogen and oxygen atoms in total. The number of nitrogens with zero attached hydrogens (tertiary/aromatic N) is 2. The van der Waals surface area contributed by atoms with Gasteiger partial charge in [-0.05, 0) is 37.9 Å². The molecule has 3 rings (SSSR count). The van der Waals surface area contributed by atoms with Crippen LogP contribution in [0.2, 0.25) is 0 Å². The number of rotatable bonds is 5. The van der Waals surface area contributed by atoms with Gasteiger partial charge in [0.2, 0.25) is 17.6 Å². The number of amides is 1. The zero-order chi connectivity index (χ0) is 16.9. The van der Waals surface area contributed by atoms with Crippen molar-refractivity contribution in [3.05, 3.63) is 35.5 Å². The molecule has 2 aromatic rings. The molecule has 1 fully saturated rings. The fraction of sp³-hybridized carbons (Fsp3) is 0.471. The number of aryl methyl sites for hydroxylation is 2. The Morgan fingerprint density at radius 2 is 2.32 bits per heavy atom. The minimum atomic E-state index is -0.306. The molecule has 0 bridgehead atoms. The molecule has 0 saturated carbocycles. The fourth-order valence-electron chi connectivity index (χ4n) is 2.70. The molecule has 1 atom stereocenters. The van der Waals surface area contributed by atoms with Gasteiger partial charge >= 0.3 is 0 Å². The van der Waals surface area contributed by atoms with E-state index in [0.717, 1.165) is 25.9 Å². The van der Waals surface area contributed by atoms with Crippen LogP contribution in [0.1, 0.15) is 30.7 Å². The smallest absolute Gasteiger partial charge is 0.227 e. The molecule has 1 aromatic heterocycles. The minimum Gasteiger partial charge on any atom is -0.352 e. The van der Waals surface area contributed by atoms with E-state index in [1.54, 1.807) is 19.1 Å². The van der Waals surface area contributed by atoms with Crippen LogP contribution in [0.3, 0.4) is 0 Å². The van der Waals surface area contributed by atoms with E-state index in [0.29, 0.717) is 35.7 Å². The summed E-state index contributed by atoms with van der Waals surface area (Å²) in [5.41, 5.74) is 1.13. The lowest BCUT2D eigenvalue weighted by molar-refractivity contribution is -0.121. The summed E-state index contributed by atoms with van der Waals surface area (Å²) >= 11 is 0. The third-order valence-electron chi connectivity index (χ3n) is 4.13. The number of nitrogens with one attached hydrogen (secondary N) is 2. The van der Waals surface area contributed by atoms with E-state index >= 15 is 0 Å². The van der Waals surface area contributed by atoms with Gasteiger partial charge in [0.05, 0.1) is 0 Å². The topological polar surface area (TPSA) is 80.0 Å². The van der Waals surface area contributed by atoms with Crippen LogP contribution in [-0.2, 0) is 11.2 Å². The van der Waals surface area contributed by atoms with Crippen molar-refractivity contribution in [3.8, 4) is 11.4 Å². The van der Waals surface area contributed by atoms with Gasteiger partial charge in [0.1, 0.15) is 5.82 Å². The van der Waals surface area contributed by atoms with Crippen molar-refractivity contribution in [2.75, 3.05) is 13.1 Å². The Hall–Kier alpha value is -1.99. The Balaban J connectivity index is 0.00000225. The Bertz CT molecular complexity index is 716. The molecule has 0 aliphatic carbocycles. The van der Waals surface area contributed by atoms with Crippen LogP contribution in [0.4, 0.5) is 4.39 Å². The maximum atomic E-state index is 13.6. The normalized spacial score (nSPS) is 17.0. The number of benzene rings is 1. The SMILES string of the molecule is Cc1ccc(-c2noc(CCC(=O)N[C@H]3CCCNC3)n2)cc1F.Cl. The average Bonchev–Trinajstić information content (AvgIpc) is 3.05. The molecule has 8 heteroatoms. The van der Waals surface area contributed by atoms with E-state index < -0.39 is 0 Å². The summed E-state index contributed by atoms with van der Waals surface area (Å²) in [6.07, 6.45) is 2.74. The highest BCUT2D eigenvalue weighted by Gasteiger charge is 2.16. The third-order valence-corrected chi connectivity index (χ3v) is 4.13. The average molecular weight is 369 g/mol. The lowest BCUT2D eigenvalue weighted by atomic mass is 10.1. The number of aromatic nitrogens is 2. The van der Waals surface area contributed by atoms with Gasteiger partial charge < -0.3 is 15.2 Å². The minimum absolute atomic E-state index is 0. The van der Waals surface area contributed by atoms with Crippen molar-refractivity contribution in [2.45, 2.75) is 38.6 Å². The van der Waals surface area contributed by atoms with E-state index in [-0.39, 0.29) is 30.2 Å². The van der Waals surface area contributed by atoms with Gasteiger partial charge in [-0.2, -0.15) is 4.98 Å². The highest BCUT2D eigenvalue weighted by Crippen LogP contribution is 2.19. The molecule has 2 N–H and O–H groups in total. The Labute approximate surface area is 152 Å². The maximum Gasteiger partial charge on any atom is 0.227 e. The molecule has 0 spiro atoms. The van der Waals surface area contributed by atoms with Crippen molar-refractivity contribution in [2.24, 2.45) is 0 Å². The monoisotopic (exact) mass is 368 g/mol. The number of hydrogen-bond donors (Lipinski definition) is 2. The molecule has 1 aromatic carbocycles. The number of carbonyl (C=O) groups excluding carboxylic acids is 1. The summed E-state index contributed by atoms with van der Waals surface area (Å²) in [6.45, 7) is 3.52. The lowest BCUT2D eigenvalue weighted by Crippen LogP contribution is -2.45. The summed E-state index contributed by atoms with van der Waals surface area (Å²) in [4.78, 5) is 16.2. The summed E-state index contributed by atoms with van der Waals surface area (Å²) in [6, 6.07) is 5.00. The molecule has 1 aliphatic heterocycles. The predicted molar refractivity (Wildman–Crippen MR) is 94.0 cm³/mol. The van der Waals surface area contributed by atoms with E-state index in [9.17, 15) is 9.18 Å². The number of piperidine rings is 1. The van der Waals surface area contributed by atoms with Gasteiger partial charge in [-0.25, -0.2) is 4.39 Å². The van der Waals surface area contributed by atoms with Crippen molar-refractivity contribution in [1.29, 1.82) is 0 Å². The molecule has 2 heterocycles. The van der Waals surface area contributed by atoms with Crippen LogP contribution in [0.25, 0.3) is 11.4 Å². The number of hydrogen-bond acceptors (Lipinski definition) is 5. The van der Waals surface area contributed by atoms with Crippen molar-refractivity contribution >= 4 is 18.3 Å². The standard InChI is InChI=1S/C17H21FN4O2.ClH/c1-11-4-5-12(9-14(11)18)17-21-16(24-22-17)7-6-15(23)20-13-3-2-8-19-10-13;/h4-5,9,13,19H,2-3,6-8,10H2,1H3,(H,20,23);1H/t13-;/m0./s1. The molecular weight excluding hydrogens is 347 g/mol. The Morgan fingerprint density at radius 3 is 3.04 bits per heavy atom. The second-order valence-corrected chi connectivity index (χ2v) is 6.09. The van der Waals surface area contributed by atoms with Gasteiger partial charge in [-0.15, -0.1) is 12.4 Å². The first-order valence-corrected chi connectivity index (χ1v) is 8.21. The highest BCUT2D eigenvalue weighted by atomic mass is 35.5. The predicted octanol–water partition coefficient (Wildman–Crippen LogP) is 2.41. The first-order valence-electron chi connectivity index (χ1n) is 8.21. The van der Waals surface area contributed by atoms with Gasteiger partial charge in [-0.1, -0.05) is 17.3 Å². The molecule has 1 amide bonds. The van der Waals surface area contributed by atoms with E-state index in [2.05, 4.69) is 20.8 Å². The van der Waals surface area contributed by atoms with Crippen LogP contribution in [0, 0.1) is 12.7 Å². The molecule has 1 saturated heterocycles. The van der Waals surface area contributed by atoms with Crippen LogP contribution >= 0.6 is 12.4 Å². The molecule has 1 aliphatic rings. The van der Waals surface area contributed by atoms with Gasteiger partial charge in [0, 0.05) is 31.0 Å². The second-order valence-electron chi connectivity index (χ2n) is 6.09. The third kappa shape index (κ3) is 5.24. The second kappa shape index (κ2) is 8.92. The van der Waals surface area contributed by atoms with Gasteiger partial charge in [0.15, 0.2) is 0 Å². The number of halogens is 2. The Morgan fingerprint density at radius 1 is 1.48 bits per heavy atom. The maximum absolute atomic E-state index is 13.6. The van der Waals surface area contributed by atoms with Crippen LogP contribution < -0.4 is 10.6 Å². The summed E-state index contributed by atoms with van der Waals surface area (Å²) in [7, 11) is 0. The molecule has 136 valence electrons. The van der Waals surface area contributed by atoms with E-state index in [1.165, 1.54) is 6.07 Å². The Kier molecular flexibility index (Phi) is 6.90. The zero-order valence-corrected chi connectivity index (χ0v) is 14.9. The molecule has 0 radical (unpaired) electrons. The van der Waals surface area contributed by atoms with E-state index in [4.69, 9.17) is 4.52 Å². The summed E-state index contributed by atoms with van der Waals surface area (Å²) in [5.74, 6) is 0.382. The van der Waals surface area contributed by atoms with Crippen LogP contribution in [-0.4, -0.2) is 35.2 Å². The van der Waals surface area contributed by atoms with Crippen molar-refractivity contribution in [3.63, 3.8) is 0 Å². The first kappa shape index (κ1) is 19.3. The first-order chi connectivity index (χ1) is 11.6. The zero-order valence-electron chi connectivity index (χ0n) is 14.0. The summed E-state index contributed by atoms with van der Waals surface area (Å²) < 4.78 is 18.8. The molecule has 25 heavy (non-hydrogen) atoms. The largest absolute Gasteiger partial charge is 0.352 e. The van der Waals surface area contributed by atoms with Crippen LogP contribution in [0.15, 0.2) is 22.7 Å². The summed E-state index contributed by atoms with van der Waals surface area (Å²) in [5, 5.41) is 10.1. The van der Waals surface area contributed by atoms with Gasteiger partial charge in [-0.3, -0.25) is 4.79 Å². The van der Waals surface area contributed by atoms with Crippen molar-refractivity contribution < 1.29 is 13.7 Å². The van der Waals surface area contributed by atoms with E-state index in [1.807, 2.05) is 0 Å². The fourth-order valence-corrected chi connectivity index (χ4v) is 2.70. The van der Waals surface area contributed by atoms with Crippen LogP contribution in [0.5, 0.6) is 0 Å². The lowest BCUT2D eigenvalue weighted by Gasteiger charge is -2.23. The van der Waals surface area contributed by atoms with Gasteiger partial charge in [0.25, 0.3) is 0 Å². The van der Waals surface area contributed by atoms with Crippen molar-refractivity contribution in [1.82, 2.24) is 20.8 Å².